The van der Waals surface area contributed by atoms with Gasteiger partial charge >= 0.3 is 0 Å². The topological polar surface area (TPSA) is 71.5 Å². The van der Waals surface area contributed by atoms with Gasteiger partial charge in [0.05, 0.1) is 11.9 Å². The van der Waals surface area contributed by atoms with Crippen LogP contribution >= 0.6 is 0 Å². The van der Waals surface area contributed by atoms with Crippen molar-refractivity contribution < 1.29 is 0 Å². The molecule has 0 aliphatic carbocycles. The molecule has 2 aromatic rings. The van der Waals surface area contributed by atoms with Crippen LogP contribution in [0.4, 0.5) is 5.82 Å². The average molecular weight is 260 g/mol. The molecule has 3 rings (SSSR count). The molecule has 6 nitrogen and oxygen atoms in total. The van der Waals surface area contributed by atoms with Crippen LogP contribution in [0.5, 0.6) is 0 Å². The van der Waals surface area contributed by atoms with Gasteiger partial charge in [-0.15, -0.1) is 5.10 Å². The van der Waals surface area contributed by atoms with E-state index in [4.69, 9.17) is 5.73 Å². The molecule has 3 heterocycles. The summed E-state index contributed by atoms with van der Waals surface area (Å²) in [5.74, 6) is 1.60. The maximum atomic E-state index is 5.58. The lowest BCUT2D eigenvalue weighted by Gasteiger charge is -2.11. The highest BCUT2D eigenvalue weighted by atomic mass is 15.3. The largest absolute Gasteiger partial charge is 0.368 e. The highest BCUT2D eigenvalue weighted by Crippen LogP contribution is 2.15. The number of rotatable bonds is 4. The monoisotopic (exact) mass is 260 g/mol. The molecule has 2 aromatic heterocycles. The number of nitrogens with one attached hydrogen (secondary N) is 1. The van der Waals surface area contributed by atoms with Gasteiger partial charge in [-0.05, 0) is 38.1 Å². The fourth-order valence-corrected chi connectivity index (χ4v) is 2.57. The van der Waals surface area contributed by atoms with Gasteiger partial charge in [-0.25, -0.2) is 9.50 Å². The Hall–Kier alpha value is -1.66. The Morgan fingerprint density at radius 2 is 2.37 bits per heavy atom. The average Bonchev–Trinajstić information content (AvgIpc) is 3.01. The molecule has 3 N–H and O–H groups in total. The molecule has 1 atom stereocenters. The Morgan fingerprint density at radius 1 is 1.47 bits per heavy atom. The second kappa shape index (κ2) is 5.14. The quantitative estimate of drug-likeness (QED) is 0.840. The summed E-state index contributed by atoms with van der Waals surface area (Å²) in [5.41, 5.74) is 7.28. The maximum absolute atomic E-state index is 5.58. The predicted octanol–water partition coefficient (Wildman–Crippen LogP) is 0.552. The lowest BCUT2D eigenvalue weighted by molar-refractivity contribution is 0.399. The van der Waals surface area contributed by atoms with Crippen molar-refractivity contribution in [3.05, 3.63) is 24.0 Å². The highest BCUT2D eigenvalue weighted by molar-refractivity contribution is 5.45. The number of hydrogen-bond donors (Lipinski definition) is 2. The maximum Gasteiger partial charge on any atom is 0.153 e. The number of nitrogens with two attached hydrogens (primary N) is 1. The summed E-state index contributed by atoms with van der Waals surface area (Å²) in [6, 6.07) is 3.94. The highest BCUT2D eigenvalue weighted by Gasteiger charge is 2.19. The van der Waals surface area contributed by atoms with Crippen molar-refractivity contribution in [2.24, 2.45) is 11.7 Å². The van der Waals surface area contributed by atoms with E-state index in [1.165, 1.54) is 13.0 Å². The standard InChI is InChI=1S/C13H20N6/c1-18-5-4-10(8-18)7-15-12-2-3-13-16-11(6-14)9-19(13)17-12/h2-3,9-10H,4-8,14H2,1H3,(H,15,17). The van der Waals surface area contributed by atoms with E-state index >= 15 is 0 Å². The zero-order valence-corrected chi connectivity index (χ0v) is 11.2. The minimum Gasteiger partial charge on any atom is -0.368 e. The van der Waals surface area contributed by atoms with Crippen LogP contribution in [-0.2, 0) is 6.54 Å². The van der Waals surface area contributed by atoms with Crippen LogP contribution in [0.1, 0.15) is 12.1 Å². The van der Waals surface area contributed by atoms with Gasteiger partial charge in [0.1, 0.15) is 5.82 Å². The number of fused-ring (bicyclic) bond motifs is 1. The zero-order valence-electron chi connectivity index (χ0n) is 11.2. The van der Waals surface area contributed by atoms with E-state index in [9.17, 15) is 0 Å². The first-order valence-corrected chi connectivity index (χ1v) is 6.72. The number of hydrogen-bond acceptors (Lipinski definition) is 5. The molecular weight excluding hydrogens is 240 g/mol. The van der Waals surface area contributed by atoms with Crippen LogP contribution in [-0.4, -0.2) is 46.2 Å². The van der Waals surface area contributed by atoms with Crippen molar-refractivity contribution in [2.75, 3.05) is 32.0 Å². The normalized spacial score (nSPS) is 20.2. The third kappa shape index (κ3) is 2.69. The minimum absolute atomic E-state index is 0.445. The van der Waals surface area contributed by atoms with Crippen LogP contribution < -0.4 is 11.1 Å². The number of nitrogens with zero attached hydrogens (tertiary/aromatic N) is 4. The van der Waals surface area contributed by atoms with Crippen molar-refractivity contribution in [2.45, 2.75) is 13.0 Å². The van der Waals surface area contributed by atoms with Gasteiger partial charge in [-0.3, -0.25) is 0 Å². The molecule has 1 saturated heterocycles. The summed E-state index contributed by atoms with van der Waals surface area (Å²) < 4.78 is 1.78. The first-order valence-electron chi connectivity index (χ1n) is 6.72. The number of likely N-dealkylation sites (tertiary alicyclic amines) is 1. The molecule has 0 spiro atoms. The summed E-state index contributed by atoms with van der Waals surface area (Å²) in [7, 11) is 2.17. The van der Waals surface area contributed by atoms with Crippen LogP contribution in [0.25, 0.3) is 5.65 Å². The van der Waals surface area contributed by atoms with E-state index in [0.717, 1.165) is 30.2 Å². The Labute approximate surface area is 112 Å². The molecule has 0 bridgehead atoms. The van der Waals surface area contributed by atoms with Gasteiger partial charge in [0.2, 0.25) is 0 Å². The van der Waals surface area contributed by atoms with E-state index in [1.807, 2.05) is 18.3 Å². The van der Waals surface area contributed by atoms with E-state index < -0.39 is 0 Å². The lowest BCUT2D eigenvalue weighted by atomic mass is 10.1. The van der Waals surface area contributed by atoms with Crippen LogP contribution in [0, 0.1) is 5.92 Å². The van der Waals surface area contributed by atoms with Crippen LogP contribution in [0.15, 0.2) is 18.3 Å². The van der Waals surface area contributed by atoms with Crippen molar-refractivity contribution in [3.8, 4) is 0 Å². The number of imidazole rings is 1. The summed E-state index contributed by atoms with van der Waals surface area (Å²) in [6.45, 7) is 3.78. The van der Waals surface area contributed by atoms with E-state index in [2.05, 4.69) is 27.3 Å². The second-order valence-corrected chi connectivity index (χ2v) is 5.26. The fraction of sp³-hybridized carbons (Fsp3) is 0.538. The molecule has 0 aromatic carbocycles. The molecule has 1 unspecified atom stereocenters. The van der Waals surface area contributed by atoms with Gasteiger partial charge < -0.3 is 16.0 Å². The smallest absolute Gasteiger partial charge is 0.153 e. The van der Waals surface area contributed by atoms with Gasteiger partial charge in [0.15, 0.2) is 5.65 Å². The zero-order chi connectivity index (χ0) is 13.2. The first-order chi connectivity index (χ1) is 9.24. The van der Waals surface area contributed by atoms with Gasteiger partial charge in [-0.2, -0.15) is 0 Å². The molecule has 0 saturated carbocycles. The van der Waals surface area contributed by atoms with Crippen LogP contribution in [0.2, 0.25) is 0 Å². The Kier molecular flexibility index (Phi) is 3.35. The molecule has 1 aliphatic rings. The van der Waals surface area contributed by atoms with E-state index in [1.54, 1.807) is 4.52 Å². The van der Waals surface area contributed by atoms with Crippen molar-refractivity contribution in [1.82, 2.24) is 19.5 Å². The third-order valence-corrected chi connectivity index (χ3v) is 3.64. The summed E-state index contributed by atoms with van der Waals surface area (Å²) in [5, 5.41) is 7.91. The van der Waals surface area contributed by atoms with E-state index in [-0.39, 0.29) is 0 Å². The Bertz CT molecular complexity index is 563. The SMILES string of the molecule is CN1CCC(CNc2ccc3nc(CN)cn3n2)C1. The van der Waals surface area contributed by atoms with Crippen molar-refractivity contribution >= 4 is 11.5 Å². The van der Waals surface area contributed by atoms with Crippen LogP contribution in [0.3, 0.4) is 0 Å². The fourth-order valence-electron chi connectivity index (χ4n) is 2.57. The molecule has 6 heteroatoms. The second-order valence-electron chi connectivity index (χ2n) is 5.26. The predicted molar refractivity (Wildman–Crippen MR) is 75.0 cm³/mol. The molecule has 1 aliphatic heterocycles. The molecule has 0 radical (unpaired) electrons. The Morgan fingerprint density at radius 3 is 3.11 bits per heavy atom. The Balaban J connectivity index is 1.67. The van der Waals surface area contributed by atoms with Crippen molar-refractivity contribution in [3.63, 3.8) is 0 Å². The summed E-state index contributed by atoms with van der Waals surface area (Å²) in [6.07, 6.45) is 3.14. The number of anilines is 1. The lowest BCUT2D eigenvalue weighted by Crippen LogP contribution is -2.19. The molecule has 19 heavy (non-hydrogen) atoms. The van der Waals surface area contributed by atoms with Gasteiger partial charge in [0.25, 0.3) is 0 Å². The first kappa shape index (κ1) is 12.4. The molecule has 102 valence electrons. The molecule has 0 amide bonds. The number of aromatic nitrogens is 3. The van der Waals surface area contributed by atoms with Gasteiger partial charge in [-0.1, -0.05) is 0 Å². The minimum atomic E-state index is 0.445. The van der Waals surface area contributed by atoms with Gasteiger partial charge in [0, 0.05) is 19.6 Å². The summed E-state index contributed by atoms with van der Waals surface area (Å²) in [4.78, 5) is 6.73. The summed E-state index contributed by atoms with van der Waals surface area (Å²) >= 11 is 0. The van der Waals surface area contributed by atoms with Crippen molar-refractivity contribution in [1.29, 1.82) is 0 Å². The molecular formula is C13H20N6. The third-order valence-electron chi connectivity index (χ3n) is 3.64. The van der Waals surface area contributed by atoms with E-state index in [0.29, 0.717) is 12.5 Å². The molecule has 1 fully saturated rings.